The van der Waals surface area contributed by atoms with Crippen LogP contribution >= 0.6 is 11.6 Å². The van der Waals surface area contributed by atoms with Crippen molar-refractivity contribution in [1.82, 2.24) is 0 Å². The van der Waals surface area contributed by atoms with Gasteiger partial charge in [-0.25, -0.2) is 0 Å². The van der Waals surface area contributed by atoms with Gasteiger partial charge in [0.2, 0.25) is 10.5 Å². The number of benzene rings is 1. The lowest BCUT2D eigenvalue weighted by Crippen LogP contribution is -1.82. The first kappa shape index (κ1) is 6.64. The first-order valence-corrected chi connectivity index (χ1v) is 3.82. The van der Waals surface area contributed by atoms with E-state index < -0.39 is 0 Å². The van der Waals surface area contributed by atoms with Crippen LogP contribution in [0.5, 0.6) is 5.75 Å². The van der Waals surface area contributed by atoms with E-state index in [2.05, 4.69) is 0 Å². The van der Waals surface area contributed by atoms with Crippen molar-refractivity contribution in [2.24, 2.45) is 0 Å². The van der Waals surface area contributed by atoms with Gasteiger partial charge in [-0.1, -0.05) is 11.6 Å². The van der Waals surface area contributed by atoms with E-state index in [9.17, 15) is 0 Å². The molecule has 1 nitrogen and oxygen atoms in total. The molecule has 0 saturated carbocycles. The molecule has 1 aromatic rings. The SMILES string of the molecule is [SiH3]Oc1ccc(Cl)cc1. The third-order valence-corrected chi connectivity index (χ3v) is 1.77. The maximum Gasteiger partial charge on any atom is 0.204 e. The van der Waals surface area contributed by atoms with Crippen LogP contribution in [0.25, 0.3) is 0 Å². The predicted molar refractivity (Wildman–Crippen MR) is 42.0 cm³/mol. The summed E-state index contributed by atoms with van der Waals surface area (Å²) in [5.74, 6) is 0.895. The van der Waals surface area contributed by atoms with Crippen molar-refractivity contribution >= 4 is 22.1 Å². The van der Waals surface area contributed by atoms with E-state index in [1.165, 1.54) is 0 Å². The monoisotopic (exact) mass is 158 g/mol. The topological polar surface area (TPSA) is 9.23 Å². The molecule has 0 aliphatic heterocycles. The maximum atomic E-state index is 5.62. The highest BCUT2D eigenvalue weighted by molar-refractivity contribution is 6.30. The van der Waals surface area contributed by atoms with Gasteiger partial charge in [0.25, 0.3) is 0 Å². The Labute approximate surface area is 62.1 Å². The minimum atomic E-state index is 0.731. The van der Waals surface area contributed by atoms with Crippen molar-refractivity contribution in [2.75, 3.05) is 0 Å². The summed E-state index contributed by atoms with van der Waals surface area (Å²) in [6, 6.07) is 7.34. The van der Waals surface area contributed by atoms with E-state index in [0.29, 0.717) is 0 Å². The third-order valence-electron chi connectivity index (χ3n) is 1.05. The summed E-state index contributed by atoms with van der Waals surface area (Å²) in [5.41, 5.74) is 0. The maximum absolute atomic E-state index is 5.62. The van der Waals surface area contributed by atoms with Crippen molar-refractivity contribution in [2.45, 2.75) is 0 Å². The Kier molecular flexibility index (Phi) is 2.14. The average Bonchev–Trinajstić information content (AvgIpc) is 1.90. The standard InChI is InChI=1S/C6H7ClOSi/c7-5-1-3-6(8-9)4-2-5/h1-4H,9H3. The van der Waals surface area contributed by atoms with Crippen molar-refractivity contribution in [3.05, 3.63) is 29.3 Å². The van der Waals surface area contributed by atoms with Crippen molar-refractivity contribution in [1.29, 1.82) is 0 Å². The molecule has 0 aliphatic rings. The van der Waals surface area contributed by atoms with E-state index >= 15 is 0 Å². The normalized spacial score (nSPS) is 9.44. The third kappa shape index (κ3) is 1.73. The molecule has 0 fully saturated rings. The van der Waals surface area contributed by atoms with E-state index in [1.807, 2.05) is 24.3 Å². The van der Waals surface area contributed by atoms with Gasteiger partial charge in [0.15, 0.2) is 0 Å². The van der Waals surface area contributed by atoms with E-state index in [0.717, 1.165) is 21.3 Å². The summed E-state index contributed by atoms with van der Waals surface area (Å²) >= 11 is 5.62. The van der Waals surface area contributed by atoms with Crippen LogP contribution in [-0.2, 0) is 0 Å². The number of hydrogen-bond acceptors (Lipinski definition) is 1. The number of rotatable bonds is 1. The lowest BCUT2D eigenvalue weighted by molar-refractivity contribution is 0.616. The second-order valence-electron chi connectivity index (χ2n) is 1.66. The summed E-state index contributed by atoms with van der Waals surface area (Å²) in [7, 11) is 0.731. The highest BCUT2D eigenvalue weighted by Gasteiger charge is 1.86. The molecule has 0 radical (unpaired) electrons. The zero-order chi connectivity index (χ0) is 6.69. The van der Waals surface area contributed by atoms with Crippen LogP contribution < -0.4 is 4.43 Å². The highest BCUT2D eigenvalue weighted by Crippen LogP contribution is 2.13. The zero-order valence-electron chi connectivity index (χ0n) is 5.10. The Hall–Kier alpha value is -0.473. The van der Waals surface area contributed by atoms with E-state index in [1.54, 1.807) is 0 Å². The van der Waals surface area contributed by atoms with Crippen LogP contribution in [0.2, 0.25) is 5.02 Å². The Morgan fingerprint density at radius 1 is 1.22 bits per heavy atom. The van der Waals surface area contributed by atoms with Crippen molar-refractivity contribution in [3.8, 4) is 5.75 Å². The molecular weight excluding hydrogens is 152 g/mol. The van der Waals surface area contributed by atoms with Gasteiger partial charge in [0.05, 0.1) is 0 Å². The molecule has 0 bridgehead atoms. The fourth-order valence-electron chi connectivity index (χ4n) is 0.571. The first-order valence-electron chi connectivity index (χ1n) is 2.62. The molecule has 3 heteroatoms. The van der Waals surface area contributed by atoms with E-state index in [-0.39, 0.29) is 0 Å². The van der Waals surface area contributed by atoms with Crippen LogP contribution in [0.3, 0.4) is 0 Å². The van der Waals surface area contributed by atoms with Gasteiger partial charge in [-0.15, -0.1) is 0 Å². The second-order valence-corrected chi connectivity index (χ2v) is 2.50. The minimum Gasteiger partial charge on any atom is -0.553 e. The Balaban J connectivity index is 2.88. The van der Waals surface area contributed by atoms with E-state index in [4.69, 9.17) is 16.0 Å². The van der Waals surface area contributed by atoms with Gasteiger partial charge in [0, 0.05) is 5.02 Å². The van der Waals surface area contributed by atoms with Gasteiger partial charge in [-0.2, -0.15) is 0 Å². The summed E-state index contributed by atoms with van der Waals surface area (Å²) in [6.45, 7) is 0. The lowest BCUT2D eigenvalue weighted by atomic mass is 10.3. The second kappa shape index (κ2) is 2.89. The van der Waals surface area contributed by atoms with Gasteiger partial charge in [-0.05, 0) is 24.3 Å². The van der Waals surface area contributed by atoms with Gasteiger partial charge in [0.1, 0.15) is 5.75 Å². The summed E-state index contributed by atoms with van der Waals surface area (Å²) in [6.07, 6.45) is 0. The molecule has 1 aromatic carbocycles. The lowest BCUT2D eigenvalue weighted by Gasteiger charge is -1.97. The Bertz CT molecular complexity index is 185. The van der Waals surface area contributed by atoms with Crippen LogP contribution in [0.4, 0.5) is 0 Å². The fourth-order valence-corrected chi connectivity index (χ4v) is 0.969. The smallest absolute Gasteiger partial charge is 0.204 e. The molecule has 0 amide bonds. The summed E-state index contributed by atoms with van der Waals surface area (Å²) in [4.78, 5) is 0. The molecular formula is C6H7ClOSi. The van der Waals surface area contributed by atoms with Gasteiger partial charge >= 0.3 is 0 Å². The van der Waals surface area contributed by atoms with Crippen LogP contribution in [0.15, 0.2) is 24.3 Å². The molecule has 9 heavy (non-hydrogen) atoms. The molecule has 0 aliphatic carbocycles. The molecule has 0 atom stereocenters. The molecule has 0 spiro atoms. The quantitative estimate of drug-likeness (QED) is 0.555. The molecule has 0 N–H and O–H groups in total. The number of hydrogen-bond donors (Lipinski definition) is 0. The van der Waals surface area contributed by atoms with Gasteiger partial charge < -0.3 is 4.43 Å². The predicted octanol–water partition coefficient (Wildman–Crippen LogP) is 0.999. The summed E-state index contributed by atoms with van der Waals surface area (Å²) in [5, 5.41) is 0.748. The fraction of sp³-hybridized carbons (Fsp3) is 0. The molecule has 0 unspecified atom stereocenters. The molecule has 48 valence electrons. The van der Waals surface area contributed by atoms with Gasteiger partial charge in [-0.3, -0.25) is 0 Å². The molecule has 0 saturated heterocycles. The van der Waals surface area contributed by atoms with Crippen LogP contribution in [-0.4, -0.2) is 10.5 Å². The molecule has 0 heterocycles. The first-order chi connectivity index (χ1) is 4.33. The van der Waals surface area contributed by atoms with Crippen LogP contribution in [0, 0.1) is 0 Å². The highest BCUT2D eigenvalue weighted by atomic mass is 35.5. The Morgan fingerprint density at radius 3 is 2.22 bits per heavy atom. The summed E-state index contributed by atoms with van der Waals surface area (Å²) < 4.78 is 5.05. The minimum absolute atomic E-state index is 0.731. The molecule has 0 aromatic heterocycles. The Morgan fingerprint density at radius 2 is 1.78 bits per heavy atom. The molecule has 1 rings (SSSR count). The number of halogens is 1. The largest absolute Gasteiger partial charge is 0.553 e. The van der Waals surface area contributed by atoms with Crippen molar-refractivity contribution in [3.63, 3.8) is 0 Å². The van der Waals surface area contributed by atoms with Crippen LogP contribution in [0.1, 0.15) is 0 Å². The zero-order valence-corrected chi connectivity index (χ0v) is 7.85. The average molecular weight is 159 g/mol. The van der Waals surface area contributed by atoms with Crippen molar-refractivity contribution < 1.29 is 4.43 Å².